The van der Waals surface area contributed by atoms with Crippen LogP contribution in [-0.2, 0) is 25.6 Å². The summed E-state index contributed by atoms with van der Waals surface area (Å²) in [6.07, 6.45) is 0.439. The van der Waals surface area contributed by atoms with Gasteiger partial charge in [-0.1, -0.05) is 58.0 Å². The molecule has 0 spiro atoms. The predicted octanol–water partition coefficient (Wildman–Crippen LogP) is 1.57. The van der Waals surface area contributed by atoms with Crippen molar-refractivity contribution in [1.82, 2.24) is 10.2 Å². The van der Waals surface area contributed by atoms with Crippen molar-refractivity contribution in [1.29, 1.82) is 0 Å². The monoisotopic (exact) mass is 419 g/mol. The van der Waals surface area contributed by atoms with Gasteiger partial charge in [-0.3, -0.25) is 19.3 Å². The van der Waals surface area contributed by atoms with Crippen LogP contribution in [0.2, 0.25) is 0 Å². The molecule has 0 radical (unpaired) electrons. The van der Waals surface area contributed by atoms with E-state index >= 15 is 0 Å². The van der Waals surface area contributed by atoms with Gasteiger partial charge in [0.1, 0.15) is 12.1 Å². The topological polar surface area (TPSA) is 130 Å². The SMILES string of the molecule is CC(=O)N(C(=O)[C@@H](N)CC(C)C)[C@H](C(=O)N[C@@H](Cc1ccccc1)C(=O)O)C(C)C. The summed E-state index contributed by atoms with van der Waals surface area (Å²) in [6.45, 7) is 8.38. The van der Waals surface area contributed by atoms with Crippen LogP contribution in [-0.4, -0.2) is 51.8 Å². The molecule has 0 saturated heterocycles. The Morgan fingerprint density at radius 1 is 1.07 bits per heavy atom. The highest BCUT2D eigenvalue weighted by Crippen LogP contribution is 2.16. The smallest absolute Gasteiger partial charge is 0.326 e. The number of hydrogen-bond acceptors (Lipinski definition) is 5. The molecule has 4 N–H and O–H groups in total. The number of carboxylic acid groups (broad SMARTS) is 1. The zero-order chi connectivity index (χ0) is 23.0. The van der Waals surface area contributed by atoms with Gasteiger partial charge in [-0.15, -0.1) is 0 Å². The van der Waals surface area contributed by atoms with Gasteiger partial charge in [0.25, 0.3) is 0 Å². The lowest BCUT2D eigenvalue weighted by Crippen LogP contribution is -2.59. The lowest BCUT2D eigenvalue weighted by Gasteiger charge is -2.33. The van der Waals surface area contributed by atoms with Crippen molar-refractivity contribution >= 4 is 23.7 Å². The van der Waals surface area contributed by atoms with Crippen molar-refractivity contribution < 1.29 is 24.3 Å². The quantitative estimate of drug-likeness (QED) is 0.528. The first-order valence-corrected chi connectivity index (χ1v) is 10.1. The van der Waals surface area contributed by atoms with E-state index in [9.17, 15) is 24.3 Å². The summed E-state index contributed by atoms with van der Waals surface area (Å²) in [4.78, 5) is 50.8. The number of rotatable bonds is 10. The van der Waals surface area contributed by atoms with E-state index in [0.29, 0.717) is 6.42 Å². The molecule has 1 rings (SSSR count). The molecule has 0 saturated carbocycles. The van der Waals surface area contributed by atoms with E-state index < -0.39 is 47.7 Å². The molecule has 0 unspecified atom stereocenters. The van der Waals surface area contributed by atoms with Crippen molar-refractivity contribution in [3.63, 3.8) is 0 Å². The van der Waals surface area contributed by atoms with Crippen LogP contribution in [0.1, 0.15) is 46.6 Å². The molecular formula is C22H33N3O5. The second kappa shape index (κ2) is 11.4. The Labute approximate surface area is 177 Å². The number of carbonyl (C=O) groups is 4. The molecule has 1 aromatic carbocycles. The Morgan fingerprint density at radius 3 is 2.07 bits per heavy atom. The maximum Gasteiger partial charge on any atom is 0.326 e. The summed E-state index contributed by atoms with van der Waals surface area (Å²) in [5, 5.41) is 12.1. The van der Waals surface area contributed by atoms with Crippen molar-refractivity contribution in [2.75, 3.05) is 0 Å². The summed E-state index contributed by atoms with van der Waals surface area (Å²) in [6, 6.07) is 5.60. The number of nitrogens with zero attached hydrogens (tertiary/aromatic N) is 1. The minimum atomic E-state index is -1.20. The van der Waals surface area contributed by atoms with Crippen LogP contribution in [0, 0.1) is 11.8 Å². The van der Waals surface area contributed by atoms with Gasteiger partial charge >= 0.3 is 5.97 Å². The molecule has 0 fully saturated rings. The van der Waals surface area contributed by atoms with Crippen LogP contribution in [0.15, 0.2) is 30.3 Å². The molecule has 0 aliphatic rings. The van der Waals surface area contributed by atoms with Crippen molar-refractivity contribution in [3.8, 4) is 0 Å². The van der Waals surface area contributed by atoms with Gasteiger partial charge in [-0.05, 0) is 23.8 Å². The Kier molecular flexibility index (Phi) is 9.65. The van der Waals surface area contributed by atoms with Gasteiger partial charge in [-0.25, -0.2) is 4.79 Å². The fourth-order valence-electron chi connectivity index (χ4n) is 3.30. The second-order valence-corrected chi connectivity index (χ2v) is 8.24. The number of amides is 3. The van der Waals surface area contributed by atoms with Crippen LogP contribution < -0.4 is 11.1 Å². The van der Waals surface area contributed by atoms with E-state index in [1.165, 1.54) is 6.92 Å². The van der Waals surface area contributed by atoms with E-state index in [1.807, 2.05) is 19.9 Å². The number of nitrogens with two attached hydrogens (primary N) is 1. The maximum atomic E-state index is 13.0. The second-order valence-electron chi connectivity index (χ2n) is 8.24. The maximum absolute atomic E-state index is 13.0. The first kappa shape index (κ1) is 25.3. The number of hydrogen-bond donors (Lipinski definition) is 3. The summed E-state index contributed by atoms with van der Waals surface area (Å²) in [5.41, 5.74) is 6.72. The lowest BCUT2D eigenvalue weighted by atomic mass is 9.97. The molecule has 0 heterocycles. The summed E-state index contributed by atoms with van der Waals surface area (Å²) in [5.74, 6) is -3.45. The third kappa shape index (κ3) is 7.26. The summed E-state index contributed by atoms with van der Waals surface area (Å²) < 4.78 is 0. The molecule has 8 heteroatoms. The van der Waals surface area contributed by atoms with Crippen molar-refractivity contribution in [3.05, 3.63) is 35.9 Å². The minimum absolute atomic E-state index is 0.0770. The predicted molar refractivity (Wildman–Crippen MR) is 113 cm³/mol. The molecule has 30 heavy (non-hydrogen) atoms. The van der Waals surface area contributed by atoms with Crippen molar-refractivity contribution in [2.24, 2.45) is 17.6 Å². The highest BCUT2D eigenvalue weighted by atomic mass is 16.4. The van der Waals surface area contributed by atoms with E-state index in [1.54, 1.807) is 38.1 Å². The molecule has 0 aromatic heterocycles. The molecule has 0 aliphatic heterocycles. The van der Waals surface area contributed by atoms with Gasteiger partial charge in [0, 0.05) is 13.3 Å². The van der Waals surface area contributed by atoms with Crippen LogP contribution in [0.4, 0.5) is 0 Å². The van der Waals surface area contributed by atoms with Gasteiger partial charge in [0.15, 0.2) is 0 Å². The van der Waals surface area contributed by atoms with Crippen LogP contribution in [0.25, 0.3) is 0 Å². The van der Waals surface area contributed by atoms with E-state index in [0.717, 1.165) is 10.5 Å². The number of nitrogens with one attached hydrogen (secondary N) is 1. The molecule has 8 nitrogen and oxygen atoms in total. The van der Waals surface area contributed by atoms with Crippen LogP contribution >= 0.6 is 0 Å². The fourth-order valence-corrected chi connectivity index (χ4v) is 3.30. The molecule has 0 bridgehead atoms. The zero-order valence-corrected chi connectivity index (χ0v) is 18.3. The standard InChI is InChI=1S/C22H33N3O5/c1-13(2)11-17(23)21(28)25(15(5)26)19(14(3)4)20(27)24-18(22(29)30)12-16-9-7-6-8-10-16/h6-10,13-14,17-19H,11-12,23H2,1-5H3,(H,24,27)(H,29,30)/t17-,18-,19-/m0/s1. The van der Waals surface area contributed by atoms with Crippen LogP contribution in [0.3, 0.4) is 0 Å². The van der Waals surface area contributed by atoms with Crippen molar-refractivity contribution in [2.45, 2.75) is 65.6 Å². The normalized spacial score (nSPS) is 14.1. The van der Waals surface area contributed by atoms with Gasteiger partial charge in [0.05, 0.1) is 6.04 Å². The fraction of sp³-hybridized carbons (Fsp3) is 0.545. The first-order valence-electron chi connectivity index (χ1n) is 10.1. The van der Waals surface area contributed by atoms with E-state index in [4.69, 9.17) is 5.73 Å². The van der Waals surface area contributed by atoms with E-state index in [-0.39, 0.29) is 12.3 Å². The lowest BCUT2D eigenvalue weighted by molar-refractivity contribution is -0.154. The number of benzene rings is 1. The molecular weight excluding hydrogens is 386 g/mol. The largest absolute Gasteiger partial charge is 0.480 e. The Hall–Kier alpha value is -2.74. The average Bonchev–Trinajstić information content (AvgIpc) is 2.64. The molecule has 3 atom stereocenters. The minimum Gasteiger partial charge on any atom is -0.480 e. The Balaban J connectivity index is 3.11. The molecule has 166 valence electrons. The third-order valence-corrected chi connectivity index (χ3v) is 4.69. The molecule has 3 amide bonds. The summed E-state index contributed by atoms with van der Waals surface area (Å²) >= 11 is 0. The highest BCUT2D eigenvalue weighted by Gasteiger charge is 2.38. The highest BCUT2D eigenvalue weighted by molar-refractivity contribution is 6.02. The van der Waals surface area contributed by atoms with E-state index in [2.05, 4.69) is 5.32 Å². The number of aliphatic carboxylic acids is 1. The first-order chi connectivity index (χ1) is 14.0. The number of carbonyl (C=O) groups excluding carboxylic acids is 3. The third-order valence-electron chi connectivity index (χ3n) is 4.69. The van der Waals surface area contributed by atoms with Gasteiger partial charge in [-0.2, -0.15) is 0 Å². The molecule has 0 aliphatic carbocycles. The Morgan fingerprint density at radius 2 is 1.63 bits per heavy atom. The van der Waals surface area contributed by atoms with Gasteiger partial charge in [0.2, 0.25) is 17.7 Å². The number of carboxylic acids is 1. The summed E-state index contributed by atoms with van der Waals surface area (Å²) in [7, 11) is 0. The zero-order valence-electron chi connectivity index (χ0n) is 18.3. The molecule has 1 aromatic rings. The average molecular weight is 420 g/mol. The number of imide groups is 1. The van der Waals surface area contributed by atoms with Gasteiger partial charge < -0.3 is 16.2 Å². The van der Waals surface area contributed by atoms with Crippen LogP contribution in [0.5, 0.6) is 0 Å². The Bertz CT molecular complexity index is 748.